The van der Waals surface area contributed by atoms with Crippen LogP contribution in [0.3, 0.4) is 0 Å². The van der Waals surface area contributed by atoms with E-state index in [1.807, 2.05) is 4.90 Å². The third-order valence-electron chi connectivity index (χ3n) is 2.62. The molecule has 1 saturated heterocycles. The van der Waals surface area contributed by atoms with Gasteiger partial charge in [0.2, 0.25) is 5.91 Å². The number of Topliss-reactive ketones (excluding diaryl/α,β-unsaturated/α-hetero) is 1. The highest BCUT2D eigenvalue weighted by molar-refractivity contribution is 5.96. The van der Waals surface area contributed by atoms with Gasteiger partial charge in [0.25, 0.3) is 0 Å². The molecule has 1 amide bonds. The summed E-state index contributed by atoms with van der Waals surface area (Å²) in [4.78, 5) is 24.3. The van der Waals surface area contributed by atoms with Crippen LogP contribution in [0.25, 0.3) is 0 Å². The largest absolute Gasteiger partial charge is 0.342 e. The van der Waals surface area contributed by atoms with Crippen molar-refractivity contribution in [2.45, 2.75) is 33.6 Å². The third-order valence-corrected chi connectivity index (χ3v) is 2.62. The minimum atomic E-state index is -0.0409. The van der Waals surface area contributed by atoms with Crippen molar-refractivity contribution >= 4 is 11.7 Å². The molecule has 14 heavy (non-hydrogen) atoms. The molecule has 0 aliphatic carbocycles. The van der Waals surface area contributed by atoms with E-state index < -0.39 is 0 Å². The highest BCUT2D eigenvalue weighted by atomic mass is 16.2. The number of nitrogens with zero attached hydrogens (tertiary/aromatic N) is 1. The molecule has 1 fully saturated rings. The monoisotopic (exact) mass is 197 g/mol. The molecule has 1 rings (SSSR count). The molecule has 0 radical (unpaired) electrons. The SMILES string of the molecule is CC(=O)CC(=O)N1C[C@H](C)C[C@H](C)C1. The lowest BCUT2D eigenvalue weighted by Crippen LogP contribution is -2.43. The highest BCUT2D eigenvalue weighted by Crippen LogP contribution is 2.21. The molecule has 0 aromatic heterocycles. The summed E-state index contributed by atoms with van der Waals surface area (Å²) in [5, 5.41) is 0. The third kappa shape index (κ3) is 3.13. The summed E-state index contributed by atoms with van der Waals surface area (Å²) in [6.45, 7) is 7.41. The van der Waals surface area contributed by atoms with E-state index in [0.717, 1.165) is 13.1 Å². The number of amides is 1. The van der Waals surface area contributed by atoms with Crippen LogP contribution >= 0.6 is 0 Å². The van der Waals surface area contributed by atoms with Crippen LogP contribution < -0.4 is 0 Å². The van der Waals surface area contributed by atoms with Gasteiger partial charge in [0, 0.05) is 13.1 Å². The van der Waals surface area contributed by atoms with Crippen LogP contribution in [0.1, 0.15) is 33.6 Å². The summed E-state index contributed by atoms with van der Waals surface area (Å²) in [6, 6.07) is 0. The Morgan fingerprint density at radius 2 is 1.71 bits per heavy atom. The molecule has 1 heterocycles. The Balaban J connectivity index is 2.50. The van der Waals surface area contributed by atoms with Crippen molar-refractivity contribution in [3.63, 3.8) is 0 Å². The van der Waals surface area contributed by atoms with E-state index in [2.05, 4.69) is 13.8 Å². The number of piperidine rings is 1. The lowest BCUT2D eigenvalue weighted by molar-refractivity contribution is -0.137. The fourth-order valence-electron chi connectivity index (χ4n) is 2.19. The Bertz CT molecular complexity index is 227. The zero-order chi connectivity index (χ0) is 10.7. The second kappa shape index (κ2) is 4.58. The van der Waals surface area contributed by atoms with E-state index in [1.165, 1.54) is 13.3 Å². The number of likely N-dealkylation sites (tertiary alicyclic amines) is 1. The summed E-state index contributed by atoms with van der Waals surface area (Å²) >= 11 is 0. The first-order valence-corrected chi connectivity index (χ1v) is 5.26. The van der Waals surface area contributed by atoms with Crippen molar-refractivity contribution in [2.75, 3.05) is 13.1 Å². The molecule has 2 atom stereocenters. The molecule has 0 saturated carbocycles. The van der Waals surface area contributed by atoms with E-state index in [4.69, 9.17) is 0 Å². The maximum atomic E-state index is 11.6. The lowest BCUT2D eigenvalue weighted by atomic mass is 9.91. The predicted octanol–water partition coefficient (Wildman–Crippen LogP) is 1.47. The van der Waals surface area contributed by atoms with Gasteiger partial charge in [-0.05, 0) is 25.2 Å². The fraction of sp³-hybridized carbons (Fsp3) is 0.818. The first kappa shape index (κ1) is 11.2. The molecule has 1 aliphatic rings. The normalized spacial score (nSPS) is 27.5. The van der Waals surface area contributed by atoms with Crippen molar-refractivity contribution < 1.29 is 9.59 Å². The molecule has 0 aromatic carbocycles. The van der Waals surface area contributed by atoms with Crippen LogP contribution in [-0.4, -0.2) is 29.7 Å². The summed E-state index contributed by atoms with van der Waals surface area (Å²) in [7, 11) is 0. The molecule has 0 N–H and O–H groups in total. The van der Waals surface area contributed by atoms with Gasteiger partial charge in [-0.2, -0.15) is 0 Å². The summed E-state index contributed by atoms with van der Waals surface area (Å²) in [5.41, 5.74) is 0. The van der Waals surface area contributed by atoms with E-state index in [1.54, 1.807) is 0 Å². The molecular weight excluding hydrogens is 178 g/mol. The molecular formula is C11H19NO2. The lowest BCUT2D eigenvalue weighted by Gasteiger charge is -2.34. The number of hydrogen-bond donors (Lipinski definition) is 0. The van der Waals surface area contributed by atoms with Gasteiger partial charge < -0.3 is 4.90 Å². The standard InChI is InChI=1S/C11H19NO2/c1-8-4-9(2)7-12(6-8)11(14)5-10(3)13/h8-9H,4-7H2,1-3H3/t8-,9+. The summed E-state index contributed by atoms with van der Waals surface area (Å²) in [6.07, 6.45) is 1.25. The number of ketones is 1. The molecule has 0 aromatic rings. The predicted molar refractivity (Wildman–Crippen MR) is 54.8 cm³/mol. The van der Waals surface area contributed by atoms with Gasteiger partial charge in [-0.25, -0.2) is 0 Å². The molecule has 0 spiro atoms. The van der Waals surface area contributed by atoms with Crippen LogP contribution in [0, 0.1) is 11.8 Å². The maximum Gasteiger partial charge on any atom is 0.230 e. The Morgan fingerprint density at radius 1 is 1.21 bits per heavy atom. The molecule has 0 bridgehead atoms. The summed E-state index contributed by atoms with van der Waals surface area (Å²) < 4.78 is 0. The molecule has 0 unspecified atom stereocenters. The smallest absolute Gasteiger partial charge is 0.230 e. The van der Waals surface area contributed by atoms with E-state index in [0.29, 0.717) is 11.8 Å². The number of carbonyl (C=O) groups is 2. The van der Waals surface area contributed by atoms with Crippen molar-refractivity contribution in [1.29, 1.82) is 0 Å². The van der Waals surface area contributed by atoms with Gasteiger partial charge in [-0.3, -0.25) is 9.59 Å². The Hall–Kier alpha value is -0.860. The van der Waals surface area contributed by atoms with Gasteiger partial charge in [0.15, 0.2) is 0 Å². The zero-order valence-corrected chi connectivity index (χ0v) is 9.25. The highest BCUT2D eigenvalue weighted by Gasteiger charge is 2.25. The van der Waals surface area contributed by atoms with Gasteiger partial charge in [-0.15, -0.1) is 0 Å². The van der Waals surface area contributed by atoms with E-state index in [9.17, 15) is 9.59 Å². The maximum absolute atomic E-state index is 11.6. The first-order chi connectivity index (χ1) is 6.49. The molecule has 3 nitrogen and oxygen atoms in total. The van der Waals surface area contributed by atoms with Crippen LogP contribution in [0.15, 0.2) is 0 Å². The molecule has 80 valence electrons. The summed E-state index contributed by atoms with van der Waals surface area (Å²) in [5.74, 6) is 1.08. The van der Waals surface area contributed by atoms with Gasteiger partial charge in [0.05, 0.1) is 6.42 Å². The number of carbonyl (C=O) groups excluding carboxylic acids is 2. The van der Waals surface area contributed by atoms with Gasteiger partial charge >= 0.3 is 0 Å². The minimum Gasteiger partial charge on any atom is -0.342 e. The van der Waals surface area contributed by atoms with Crippen LogP contribution in [0.2, 0.25) is 0 Å². The van der Waals surface area contributed by atoms with Crippen molar-refractivity contribution in [2.24, 2.45) is 11.8 Å². The first-order valence-electron chi connectivity index (χ1n) is 5.26. The fourth-order valence-corrected chi connectivity index (χ4v) is 2.19. The van der Waals surface area contributed by atoms with Gasteiger partial charge in [-0.1, -0.05) is 13.8 Å². The second-order valence-corrected chi connectivity index (χ2v) is 4.62. The molecule has 1 aliphatic heterocycles. The Morgan fingerprint density at radius 3 is 2.14 bits per heavy atom. The van der Waals surface area contributed by atoms with E-state index >= 15 is 0 Å². The van der Waals surface area contributed by atoms with Crippen LogP contribution in [-0.2, 0) is 9.59 Å². The van der Waals surface area contributed by atoms with Crippen LogP contribution in [0.5, 0.6) is 0 Å². The van der Waals surface area contributed by atoms with Crippen molar-refractivity contribution in [1.82, 2.24) is 4.90 Å². The average molecular weight is 197 g/mol. The van der Waals surface area contributed by atoms with Crippen molar-refractivity contribution in [3.05, 3.63) is 0 Å². The second-order valence-electron chi connectivity index (χ2n) is 4.62. The topological polar surface area (TPSA) is 37.4 Å². The number of rotatable bonds is 2. The Labute approximate surface area is 85.5 Å². The van der Waals surface area contributed by atoms with Gasteiger partial charge in [0.1, 0.15) is 5.78 Å². The Kier molecular flexibility index (Phi) is 3.67. The van der Waals surface area contributed by atoms with Crippen molar-refractivity contribution in [3.8, 4) is 0 Å². The molecule has 3 heteroatoms. The van der Waals surface area contributed by atoms with Crippen LogP contribution in [0.4, 0.5) is 0 Å². The number of hydrogen-bond acceptors (Lipinski definition) is 2. The average Bonchev–Trinajstić information content (AvgIpc) is 2.00. The zero-order valence-electron chi connectivity index (χ0n) is 9.25. The minimum absolute atomic E-state index is 0.00380. The van der Waals surface area contributed by atoms with E-state index in [-0.39, 0.29) is 18.1 Å². The quantitative estimate of drug-likeness (QED) is 0.629.